The van der Waals surface area contributed by atoms with Crippen LogP contribution in [0.15, 0.2) is 0 Å². The molecule has 0 spiro atoms. The molecule has 2 rings (SSSR count). The lowest BCUT2D eigenvalue weighted by Crippen LogP contribution is -2.50. The van der Waals surface area contributed by atoms with Crippen molar-refractivity contribution in [3.05, 3.63) is 0 Å². The molecule has 2 aliphatic heterocycles. The van der Waals surface area contributed by atoms with Crippen molar-refractivity contribution in [3.8, 4) is 0 Å². The molecule has 1 N–H and O–H groups in total. The zero-order chi connectivity index (χ0) is 13.2. The van der Waals surface area contributed by atoms with E-state index < -0.39 is 10.0 Å². The lowest BCUT2D eigenvalue weighted by molar-refractivity contribution is 0.106. The van der Waals surface area contributed by atoms with Crippen LogP contribution in [-0.2, 0) is 10.0 Å². The number of piperidine rings is 2. The van der Waals surface area contributed by atoms with Gasteiger partial charge in [-0.05, 0) is 51.9 Å². The van der Waals surface area contributed by atoms with E-state index in [4.69, 9.17) is 0 Å². The molecular weight excluding hydrogens is 321 g/mol. The summed E-state index contributed by atoms with van der Waals surface area (Å²) >= 11 is 0. The van der Waals surface area contributed by atoms with Crippen molar-refractivity contribution >= 4 is 34.8 Å². The molecule has 0 bridgehead atoms. The van der Waals surface area contributed by atoms with E-state index in [1.165, 1.54) is 19.1 Å². The van der Waals surface area contributed by atoms with E-state index >= 15 is 0 Å². The summed E-state index contributed by atoms with van der Waals surface area (Å²) in [6.07, 6.45) is 5.69. The topological polar surface area (TPSA) is 52.6 Å². The van der Waals surface area contributed by atoms with Crippen molar-refractivity contribution in [2.45, 2.75) is 37.8 Å². The minimum Gasteiger partial charge on any atom is -0.317 e. The number of likely N-dealkylation sites (tertiary alicyclic amines) is 1. The maximum atomic E-state index is 11.5. The van der Waals surface area contributed by atoms with Crippen LogP contribution >= 0.6 is 24.8 Å². The Morgan fingerprint density at radius 1 is 1.05 bits per heavy atom. The molecule has 0 radical (unpaired) electrons. The first-order chi connectivity index (χ1) is 8.48. The number of nitrogens with one attached hydrogen (secondary N) is 1. The Hall–Kier alpha value is 0.410. The normalized spacial score (nSPS) is 23.1. The van der Waals surface area contributed by atoms with Crippen LogP contribution in [0.1, 0.15) is 25.7 Å². The van der Waals surface area contributed by atoms with Gasteiger partial charge in [0.25, 0.3) is 0 Å². The number of nitrogens with zero attached hydrogens (tertiary/aromatic N) is 2. The first-order valence-corrected chi connectivity index (χ1v) is 8.71. The molecule has 0 unspecified atom stereocenters. The van der Waals surface area contributed by atoms with Crippen molar-refractivity contribution < 1.29 is 8.42 Å². The summed E-state index contributed by atoms with van der Waals surface area (Å²) in [7, 11) is -1.33. The fourth-order valence-corrected chi connectivity index (χ4v) is 3.81. The van der Waals surface area contributed by atoms with Crippen molar-refractivity contribution in [1.29, 1.82) is 0 Å². The molecule has 2 heterocycles. The lowest BCUT2D eigenvalue weighted by Gasteiger charge is -2.41. The molecule has 0 aromatic rings. The Morgan fingerprint density at radius 3 is 2.00 bits per heavy atom. The molecule has 0 aromatic heterocycles. The number of hydrogen-bond acceptors (Lipinski definition) is 4. The van der Waals surface area contributed by atoms with Crippen LogP contribution in [-0.4, -0.2) is 69.2 Å². The van der Waals surface area contributed by atoms with Gasteiger partial charge >= 0.3 is 0 Å². The molecule has 2 fully saturated rings. The minimum atomic E-state index is -3.04. The van der Waals surface area contributed by atoms with E-state index in [9.17, 15) is 8.42 Å². The Labute approximate surface area is 135 Å². The van der Waals surface area contributed by atoms with Gasteiger partial charge in [-0.3, -0.25) is 0 Å². The van der Waals surface area contributed by atoms with Gasteiger partial charge in [0.2, 0.25) is 10.0 Å². The Bertz CT molecular complexity index is 367. The Morgan fingerprint density at radius 2 is 1.55 bits per heavy atom. The predicted octanol–water partition coefficient (Wildman–Crippen LogP) is 0.938. The summed E-state index contributed by atoms with van der Waals surface area (Å²) in [5.74, 6) is 0. The van der Waals surface area contributed by atoms with Gasteiger partial charge in [0.1, 0.15) is 0 Å². The van der Waals surface area contributed by atoms with E-state index in [1.807, 2.05) is 0 Å². The Kier molecular flexibility index (Phi) is 8.94. The molecule has 0 aromatic carbocycles. The van der Waals surface area contributed by atoms with Crippen molar-refractivity contribution in [2.24, 2.45) is 0 Å². The van der Waals surface area contributed by atoms with Crippen LogP contribution < -0.4 is 5.32 Å². The van der Waals surface area contributed by atoms with E-state index in [1.54, 1.807) is 11.4 Å². The highest BCUT2D eigenvalue weighted by Gasteiger charge is 2.30. The third kappa shape index (κ3) is 5.31. The Balaban J connectivity index is 0.00000180. The number of rotatable bonds is 3. The van der Waals surface area contributed by atoms with E-state index in [0.29, 0.717) is 6.04 Å². The second kappa shape index (κ2) is 8.76. The number of hydrogen-bond donors (Lipinski definition) is 1. The zero-order valence-electron chi connectivity index (χ0n) is 12.2. The van der Waals surface area contributed by atoms with Gasteiger partial charge < -0.3 is 10.2 Å². The molecule has 2 aliphatic rings. The summed E-state index contributed by atoms with van der Waals surface area (Å²) in [6.45, 7) is 4.31. The average Bonchev–Trinajstić information content (AvgIpc) is 2.38. The van der Waals surface area contributed by atoms with E-state index in [2.05, 4.69) is 10.2 Å². The maximum Gasteiger partial charge on any atom is 0.211 e. The highest BCUT2D eigenvalue weighted by molar-refractivity contribution is 7.88. The van der Waals surface area contributed by atoms with Crippen LogP contribution in [0, 0.1) is 0 Å². The smallest absolute Gasteiger partial charge is 0.211 e. The summed E-state index contributed by atoms with van der Waals surface area (Å²) in [5, 5.41) is 3.39. The van der Waals surface area contributed by atoms with Crippen LogP contribution in [0.2, 0.25) is 0 Å². The first-order valence-electron chi connectivity index (χ1n) is 6.86. The third-order valence-electron chi connectivity index (χ3n) is 4.36. The molecule has 8 heteroatoms. The fourth-order valence-electron chi connectivity index (χ4n) is 3.06. The van der Waals surface area contributed by atoms with Gasteiger partial charge in [-0.2, -0.15) is 0 Å². The summed E-state index contributed by atoms with van der Waals surface area (Å²) in [4.78, 5) is 2.55. The summed E-state index contributed by atoms with van der Waals surface area (Å²) < 4.78 is 24.6. The van der Waals surface area contributed by atoms with Gasteiger partial charge in [-0.1, -0.05) is 0 Å². The van der Waals surface area contributed by atoms with Gasteiger partial charge in [0.15, 0.2) is 0 Å². The quantitative estimate of drug-likeness (QED) is 0.825. The zero-order valence-corrected chi connectivity index (χ0v) is 14.7. The standard InChI is InChI=1S/C12H25N3O2S.2ClH/c1-14(18(2,16)17)11-5-9-15(10-6-11)12-3-7-13-8-4-12;;/h11-13H,3-10H2,1-2H3;2*1H. The highest BCUT2D eigenvalue weighted by atomic mass is 35.5. The van der Waals surface area contributed by atoms with Gasteiger partial charge in [0.05, 0.1) is 6.26 Å². The molecule has 0 saturated carbocycles. The van der Waals surface area contributed by atoms with Crippen LogP contribution in [0.25, 0.3) is 0 Å². The average molecular weight is 348 g/mol. The summed E-state index contributed by atoms with van der Waals surface area (Å²) in [5.41, 5.74) is 0. The van der Waals surface area contributed by atoms with Crippen molar-refractivity contribution in [1.82, 2.24) is 14.5 Å². The third-order valence-corrected chi connectivity index (χ3v) is 5.71. The van der Waals surface area contributed by atoms with Crippen LogP contribution in [0.4, 0.5) is 0 Å². The maximum absolute atomic E-state index is 11.5. The number of halogens is 2. The lowest BCUT2D eigenvalue weighted by atomic mass is 9.99. The SMILES string of the molecule is CN(C1CCN(C2CCNCC2)CC1)S(C)(=O)=O.Cl.Cl. The fraction of sp³-hybridized carbons (Fsp3) is 1.00. The number of sulfonamides is 1. The molecule has 2 saturated heterocycles. The van der Waals surface area contributed by atoms with Crippen LogP contribution in [0.5, 0.6) is 0 Å². The van der Waals surface area contributed by atoms with Crippen molar-refractivity contribution in [3.63, 3.8) is 0 Å². The monoisotopic (exact) mass is 347 g/mol. The van der Waals surface area contributed by atoms with E-state index in [0.717, 1.165) is 39.0 Å². The van der Waals surface area contributed by atoms with Gasteiger partial charge in [-0.25, -0.2) is 12.7 Å². The second-order valence-corrected chi connectivity index (χ2v) is 7.57. The van der Waals surface area contributed by atoms with E-state index in [-0.39, 0.29) is 30.9 Å². The summed E-state index contributed by atoms with van der Waals surface area (Å²) in [6, 6.07) is 0.897. The molecule has 20 heavy (non-hydrogen) atoms. The van der Waals surface area contributed by atoms with Gasteiger partial charge in [-0.15, -0.1) is 24.8 Å². The molecule has 0 amide bonds. The van der Waals surface area contributed by atoms with Crippen molar-refractivity contribution in [2.75, 3.05) is 39.5 Å². The molecule has 122 valence electrons. The minimum absolute atomic E-state index is 0. The first kappa shape index (κ1) is 20.4. The largest absolute Gasteiger partial charge is 0.317 e. The van der Waals surface area contributed by atoms with Crippen LogP contribution in [0.3, 0.4) is 0 Å². The molecular formula is C12H27Cl2N3O2S. The molecule has 0 atom stereocenters. The molecule has 5 nitrogen and oxygen atoms in total. The van der Waals surface area contributed by atoms with Gasteiger partial charge in [0, 0.05) is 19.1 Å². The second-order valence-electron chi connectivity index (χ2n) is 5.53. The predicted molar refractivity (Wildman–Crippen MR) is 87.6 cm³/mol. The highest BCUT2D eigenvalue weighted by Crippen LogP contribution is 2.22. The molecule has 0 aliphatic carbocycles.